The van der Waals surface area contributed by atoms with E-state index >= 15 is 0 Å². The Balaban J connectivity index is 3.06. The molecule has 4 nitrogen and oxygen atoms in total. The Morgan fingerprint density at radius 1 is 1.22 bits per heavy atom. The number of hydrogen-bond donors (Lipinski definition) is 0. The third-order valence-corrected chi connectivity index (χ3v) is 4.48. The SMILES string of the molecule is CC/C=C(\C=C/CC(=O)OC)C(=C\Sc1ccc(CC)cc1)/N=CN(C)C. The van der Waals surface area contributed by atoms with Crippen molar-refractivity contribution in [2.24, 2.45) is 4.99 Å². The van der Waals surface area contributed by atoms with E-state index in [0.29, 0.717) is 0 Å². The maximum absolute atomic E-state index is 11.4. The molecule has 0 bridgehead atoms. The summed E-state index contributed by atoms with van der Waals surface area (Å²) in [6.45, 7) is 4.23. The normalized spacial score (nSPS) is 12.8. The fourth-order valence-corrected chi connectivity index (χ4v) is 2.86. The van der Waals surface area contributed by atoms with Crippen LogP contribution < -0.4 is 0 Å². The quantitative estimate of drug-likeness (QED) is 0.182. The molecule has 0 atom stereocenters. The van der Waals surface area contributed by atoms with Crippen molar-refractivity contribution < 1.29 is 9.53 Å². The molecule has 0 aliphatic rings. The Morgan fingerprint density at radius 3 is 2.48 bits per heavy atom. The van der Waals surface area contributed by atoms with Crippen molar-refractivity contribution in [3.05, 3.63) is 64.7 Å². The maximum Gasteiger partial charge on any atom is 0.309 e. The van der Waals surface area contributed by atoms with Gasteiger partial charge in [-0.25, -0.2) is 4.99 Å². The number of thioether (sulfide) groups is 1. The lowest BCUT2D eigenvalue weighted by atomic mass is 10.1. The molecule has 27 heavy (non-hydrogen) atoms. The number of carbonyl (C=O) groups is 1. The van der Waals surface area contributed by atoms with E-state index in [1.54, 1.807) is 18.1 Å². The molecule has 0 unspecified atom stereocenters. The summed E-state index contributed by atoms with van der Waals surface area (Å²) in [6, 6.07) is 8.56. The van der Waals surface area contributed by atoms with E-state index < -0.39 is 0 Å². The van der Waals surface area contributed by atoms with Crippen molar-refractivity contribution in [2.75, 3.05) is 21.2 Å². The van der Waals surface area contributed by atoms with Gasteiger partial charge < -0.3 is 9.64 Å². The van der Waals surface area contributed by atoms with E-state index in [2.05, 4.69) is 49.2 Å². The van der Waals surface area contributed by atoms with Crippen molar-refractivity contribution in [2.45, 2.75) is 38.0 Å². The lowest BCUT2D eigenvalue weighted by Crippen LogP contribution is -2.07. The van der Waals surface area contributed by atoms with Gasteiger partial charge in [0.25, 0.3) is 0 Å². The molecular formula is C22H30N2O2S. The highest BCUT2D eigenvalue weighted by Gasteiger charge is 2.03. The summed E-state index contributed by atoms with van der Waals surface area (Å²) >= 11 is 1.64. The Morgan fingerprint density at radius 2 is 1.93 bits per heavy atom. The monoisotopic (exact) mass is 386 g/mol. The first-order valence-corrected chi connectivity index (χ1v) is 9.98. The summed E-state index contributed by atoms with van der Waals surface area (Å²) in [5, 5.41) is 2.05. The van der Waals surface area contributed by atoms with E-state index in [1.807, 2.05) is 36.6 Å². The summed E-state index contributed by atoms with van der Waals surface area (Å²) < 4.78 is 4.69. The maximum atomic E-state index is 11.4. The number of methoxy groups -OCH3 is 1. The number of aliphatic imine (C=N–C) groups is 1. The van der Waals surface area contributed by atoms with E-state index in [4.69, 9.17) is 4.74 Å². The molecule has 0 N–H and O–H groups in total. The molecule has 0 amide bonds. The molecule has 0 heterocycles. The zero-order chi connectivity index (χ0) is 20.1. The van der Waals surface area contributed by atoms with Crippen LogP contribution in [0.2, 0.25) is 0 Å². The lowest BCUT2D eigenvalue weighted by molar-refractivity contribution is -0.139. The number of aryl methyl sites for hydroxylation is 1. The van der Waals surface area contributed by atoms with Crippen LogP contribution in [0, 0.1) is 0 Å². The molecule has 0 aliphatic carbocycles. The predicted octanol–water partition coefficient (Wildman–Crippen LogP) is 5.23. The van der Waals surface area contributed by atoms with Crippen LogP contribution in [0.1, 0.15) is 32.3 Å². The minimum absolute atomic E-state index is 0.244. The first kappa shape index (κ1) is 22.8. The second-order valence-corrected chi connectivity index (χ2v) is 7.02. The minimum atomic E-state index is -0.255. The van der Waals surface area contributed by atoms with Gasteiger partial charge >= 0.3 is 5.97 Å². The molecule has 1 aromatic carbocycles. The summed E-state index contributed by atoms with van der Waals surface area (Å²) in [6.07, 6.45) is 9.79. The van der Waals surface area contributed by atoms with Crippen molar-refractivity contribution in [1.82, 2.24) is 4.90 Å². The molecule has 0 spiro atoms. The third kappa shape index (κ3) is 9.29. The fraction of sp³-hybridized carbons (Fsp3) is 0.364. The van der Waals surface area contributed by atoms with Crippen molar-refractivity contribution >= 4 is 24.1 Å². The summed E-state index contributed by atoms with van der Waals surface area (Å²) in [4.78, 5) is 19.0. The van der Waals surface area contributed by atoms with Crippen molar-refractivity contribution in [3.63, 3.8) is 0 Å². The zero-order valence-corrected chi connectivity index (χ0v) is 17.8. The number of allylic oxidation sites excluding steroid dienone is 2. The molecule has 0 aliphatic heterocycles. The largest absolute Gasteiger partial charge is 0.469 e. The highest BCUT2D eigenvalue weighted by Crippen LogP contribution is 2.25. The van der Waals surface area contributed by atoms with Gasteiger partial charge in [-0.05, 0) is 36.1 Å². The van der Waals surface area contributed by atoms with Crippen LogP contribution in [0.15, 0.2) is 69.1 Å². The van der Waals surface area contributed by atoms with Gasteiger partial charge in [0.15, 0.2) is 0 Å². The highest BCUT2D eigenvalue weighted by molar-refractivity contribution is 8.02. The van der Waals surface area contributed by atoms with Gasteiger partial charge in [0.1, 0.15) is 0 Å². The number of benzene rings is 1. The zero-order valence-electron chi connectivity index (χ0n) is 16.9. The lowest BCUT2D eigenvalue weighted by Gasteiger charge is -2.08. The van der Waals surface area contributed by atoms with Crippen LogP contribution in [-0.2, 0) is 16.0 Å². The van der Waals surface area contributed by atoms with Crippen LogP contribution in [0.3, 0.4) is 0 Å². The summed E-state index contributed by atoms with van der Waals surface area (Å²) in [5.74, 6) is -0.255. The van der Waals surface area contributed by atoms with Crippen LogP contribution in [0.4, 0.5) is 0 Å². The molecule has 1 aromatic rings. The number of ether oxygens (including phenoxy) is 1. The minimum Gasteiger partial charge on any atom is -0.469 e. The van der Waals surface area contributed by atoms with Gasteiger partial charge in [0.2, 0.25) is 0 Å². The van der Waals surface area contributed by atoms with E-state index in [-0.39, 0.29) is 12.4 Å². The first-order chi connectivity index (χ1) is 13.0. The van der Waals surface area contributed by atoms with Crippen LogP contribution >= 0.6 is 11.8 Å². The van der Waals surface area contributed by atoms with Crippen LogP contribution in [0.25, 0.3) is 0 Å². The van der Waals surface area contributed by atoms with Gasteiger partial charge in [0, 0.05) is 24.4 Å². The molecule has 0 aromatic heterocycles. The fourth-order valence-electron chi connectivity index (χ4n) is 2.12. The standard InChI is InChI=1S/C22H30N2O2S/c1-6-9-19(10-8-11-22(25)26-5)21(23-17-24(3)4)16-27-20-14-12-18(7-2)13-15-20/h8-10,12-17H,6-7,11H2,1-5H3/b10-8-,19-9+,21-16+,23-17?. The third-order valence-electron chi connectivity index (χ3n) is 3.60. The Kier molecular flexibility index (Phi) is 10.9. The topological polar surface area (TPSA) is 41.9 Å². The van der Waals surface area contributed by atoms with E-state index in [9.17, 15) is 4.79 Å². The number of rotatable bonds is 10. The van der Waals surface area contributed by atoms with E-state index in [1.165, 1.54) is 17.6 Å². The average molecular weight is 387 g/mol. The van der Waals surface area contributed by atoms with Gasteiger partial charge in [-0.1, -0.05) is 56.0 Å². The summed E-state index contributed by atoms with van der Waals surface area (Å²) in [7, 11) is 5.27. The number of carbonyl (C=O) groups excluding carboxylic acids is 1. The van der Waals surface area contributed by atoms with Crippen LogP contribution in [-0.4, -0.2) is 38.4 Å². The van der Waals surface area contributed by atoms with Gasteiger partial charge in [-0.15, -0.1) is 0 Å². The molecule has 1 rings (SSSR count). The van der Waals surface area contributed by atoms with Crippen LogP contribution in [0.5, 0.6) is 0 Å². The molecule has 146 valence electrons. The molecule has 0 saturated carbocycles. The average Bonchev–Trinajstić information content (AvgIpc) is 2.67. The molecule has 0 saturated heterocycles. The molecule has 0 fully saturated rings. The highest BCUT2D eigenvalue weighted by atomic mass is 32.2. The number of hydrogen-bond acceptors (Lipinski definition) is 4. The smallest absolute Gasteiger partial charge is 0.309 e. The number of nitrogens with zero attached hydrogens (tertiary/aromatic N) is 2. The predicted molar refractivity (Wildman–Crippen MR) is 116 cm³/mol. The Hall–Kier alpha value is -2.27. The first-order valence-electron chi connectivity index (χ1n) is 9.10. The number of esters is 1. The van der Waals surface area contributed by atoms with Crippen molar-refractivity contribution in [1.29, 1.82) is 0 Å². The second kappa shape index (κ2) is 13.0. The van der Waals surface area contributed by atoms with Crippen molar-refractivity contribution in [3.8, 4) is 0 Å². The molecular weight excluding hydrogens is 356 g/mol. The van der Waals surface area contributed by atoms with Gasteiger partial charge in [-0.3, -0.25) is 4.79 Å². The Labute approximate surface area is 167 Å². The van der Waals surface area contributed by atoms with Gasteiger partial charge in [0.05, 0.1) is 25.6 Å². The Bertz CT molecular complexity index is 702. The van der Waals surface area contributed by atoms with Gasteiger partial charge in [-0.2, -0.15) is 0 Å². The summed E-state index contributed by atoms with van der Waals surface area (Å²) in [5.41, 5.74) is 3.17. The molecule has 5 heteroatoms. The van der Waals surface area contributed by atoms with E-state index in [0.717, 1.165) is 24.1 Å². The molecule has 0 radical (unpaired) electrons. The second-order valence-electron chi connectivity index (χ2n) is 6.08.